The summed E-state index contributed by atoms with van der Waals surface area (Å²) in [5, 5.41) is 2.76. The Morgan fingerprint density at radius 3 is 2.58 bits per heavy atom. The van der Waals surface area contributed by atoms with E-state index in [0.29, 0.717) is 23.6 Å². The molecule has 138 valence electrons. The molecule has 1 atom stereocenters. The largest absolute Gasteiger partial charge is 0.490 e. The molecule has 1 N–H and O–H groups in total. The number of benzene rings is 2. The SMILES string of the molecule is CS(=O)(=O)c1ccc(NC(=O)c2ccccc2OC[C@H]2CCCO2)cc1. The van der Waals surface area contributed by atoms with Crippen LogP contribution in [0.25, 0.3) is 0 Å². The smallest absolute Gasteiger partial charge is 0.259 e. The summed E-state index contributed by atoms with van der Waals surface area (Å²) in [6.45, 7) is 1.16. The van der Waals surface area contributed by atoms with Crippen molar-refractivity contribution < 1.29 is 22.7 Å². The molecule has 6 nitrogen and oxygen atoms in total. The highest BCUT2D eigenvalue weighted by molar-refractivity contribution is 7.90. The first-order valence-electron chi connectivity index (χ1n) is 8.38. The number of hydrogen-bond acceptors (Lipinski definition) is 5. The lowest BCUT2D eigenvalue weighted by molar-refractivity contribution is 0.0673. The fourth-order valence-electron chi connectivity index (χ4n) is 2.72. The predicted octanol–water partition coefficient (Wildman–Crippen LogP) is 2.90. The van der Waals surface area contributed by atoms with Crippen LogP contribution in [-0.4, -0.2) is 39.9 Å². The van der Waals surface area contributed by atoms with Crippen LogP contribution in [0.15, 0.2) is 53.4 Å². The molecule has 26 heavy (non-hydrogen) atoms. The van der Waals surface area contributed by atoms with Gasteiger partial charge in [-0.3, -0.25) is 4.79 Å². The Morgan fingerprint density at radius 1 is 1.19 bits per heavy atom. The maximum Gasteiger partial charge on any atom is 0.259 e. The van der Waals surface area contributed by atoms with E-state index in [-0.39, 0.29) is 16.9 Å². The number of sulfone groups is 1. The molecule has 2 aromatic rings. The fraction of sp³-hybridized carbons (Fsp3) is 0.316. The van der Waals surface area contributed by atoms with Crippen molar-refractivity contribution >= 4 is 21.4 Å². The second-order valence-corrected chi connectivity index (χ2v) is 8.21. The van der Waals surface area contributed by atoms with Crippen molar-refractivity contribution in [2.24, 2.45) is 0 Å². The van der Waals surface area contributed by atoms with Gasteiger partial charge in [0.2, 0.25) is 0 Å². The maximum absolute atomic E-state index is 12.6. The molecule has 1 saturated heterocycles. The monoisotopic (exact) mass is 375 g/mol. The van der Waals surface area contributed by atoms with Crippen LogP contribution in [0.3, 0.4) is 0 Å². The minimum Gasteiger partial charge on any atom is -0.490 e. The van der Waals surface area contributed by atoms with Gasteiger partial charge in [-0.15, -0.1) is 0 Å². The highest BCUT2D eigenvalue weighted by atomic mass is 32.2. The second kappa shape index (κ2) is 7.88. The maximum atomic E-state index is 12.6. The second-order valence-electron chi connectivity index (χ2n) is 6.19. The molecular formula is C19H21NO5S. The number of ether oxygens (including phenoxy) is 2. The zero-order valence-corrected chi connectivity index (χ0v) is 15.3. The van der Waals surface area contributed by atoms with E-state index in [2.05, 4.69) is 5.32 Å². The van der Waals surface area contributed by atoms with Gasteiger partial charge in [-0.1, -0.05) is 12.1 Å². The van der Waals surface area contributed by atoms with Gasteiger partial charge in [0.1, 0.15) is 12.4 Å². The number of rotatable bonds is 6. The van der Waals surface area contributed by atoms with Crippen molar-refractivity contribution in [2.45, 2.75) is 23.8 Å². The van der Waals surface area contributed by atoms with Crippen molar-refractivity contribution in [1.29, 1.82) is 0 Å². The normalized spacial score (nSPS) is 17.0. The van der Waals surface area contributed by atoms with Crippen LogP contribution in [0.1, 0.15) is 23.2 Å². The summed E-state index contributed by atoms with van der Waals surface area (Å²) in [4.78, 5) is 12.8. The lowest BCUT2D eigenvalue weighted by Crippen LogP contribution is -2.19. The zero-order chi connectivity index (χ0) is 18.6. The summed E-state index contributed by atoms with van der Waals surface area (Å²) < 4.78 is 34.3. The molecule has 0 aromatic heterocycles. The molecule has 0 bridgehead atoms. The minimum atomic E-state index is -3.27. The third-order valence-corrected chi connectivity index (χ3v) is 5.25. The van der Waals surface area contributed by atoms with Crippen LogP contribution < -0.4 is 10.1 Å². The van der Waals surface area contributed by atoms with Gasteiger partial charge >= 0.3 is 0 Å². The van der Waals surface area contributed by atoms with Crippen LogP contribution in [0.5, 0.6) is 5.75 Å². The topological polar surface area (TPSA) is 81.7 Å². The molecule has 0 aliphatic carbocycles. The highest BCUT2D eigenvalue weighted by Crippen LogP contribution is 2.22. The number of carbonyl (C=O) groups excluding carboxylic acids is 1. The van der Waals surface area contributed by atoms with Gasteiger partial charge < -0.3 is 14.8 Å². The number of carbonyl (C=O) groups is 1. The number of para-hydroxylation sites is 1. The summed E-state index contributed by atoms with van der Waals surface area (Å²) in [6.07, 6.45) is 3.19. The summed E-state index contributed by atoms with van der Waals surface area (Å²) in [6, 6.07) is 13.1. The van der Waals surface area contributed by atoms with Gasteiger partial charge in [0, 0.05) is 18.6 Å². The minimum absolute atomic E-state index is 0.0645. The average Bonchev–Trinajstić information content (AvgIpc) is 3.13. The van der Waals surface area contributed by atoms with Crippen molar-refractivity contribution in [3.05, 3.63) is 54.1 Å². The predicted molar refractivity (Wildman–Crippen MR) is 98.4 cm³/mol. The fourth-order valence-corrected chi connectivity index (χ4v) is 3.35. The van der Waals surface area contributed by atoms with Crippen LogP contribution in [0.2, 0.25) is 0 Å². The van der Waals surface area contributed by atoms with Gasteiger partial charge in [0.15, 0.2) is 9.84 Å². The third-order valence-electron chi connectivity index (χ3n) is 4.12. The van der Waals surface area contributed by atoms with Gasteiger partial charge in [0.25, 0.3) is 5.91 Å². The molecule has 0 unspecified atom stereocenters. The quantitative estimate of drug-likeness (QED) is 0.840. The first-order valence-corrected chi connectivity index (χ1v) is 10.3. The van der Waals surface area contributed by atoms with Crippen molar-refractivity contribution in [2.75, 3.05) is 24.8 Å². The summed E-state index contributed by atoms with van der Waals surface area (Å²) in [5.41, 5.74) is 0.925. The molecular weight excluding hydrogens is 354 g/mol. The summed E-state index contributed by atoms with van der Waals surface area (Å²) >= 11 is 0. The summed E-state index contributed by atoms with van der Waals surface area (Å²) in [7, 11) is -3.27. The van der Waals surface area contributed by atoms with Crippen LogP contribution in [0, 0.1) is 0 Å². The molecule has 1 heterocycles. The molecule has 7 heteroatoms. The molecule has 1 amide bonds. The number of anilines is 1. The Labute approximate surface area is 153 Å². The molecule has 1 fully saturated rings. The van der Waals surface area contributed by atoms with E-state index < -0.39 is 9.84 Å². The van der Waals surface area contributed by atoms with E-state index in [9.17, 15) is 13.2 Å². The Hall–Kier alpha value is -2.38. The molecule has 0 spiro atoms. The third kappa shape index (κ3) is 4.62. The Morgan fingerprint density at radius 2 is 1.92 bits per heavy atom. The first kappa shape index (κ1) is 18.4. The zero-order valence-electron chi connectivity index (χ0n) is 14.5. The van der Waals surface area contributed by atoms with Gasteiger partial charge in [-0.05, 0) is 49.2 Å². The van der Waals surface area contributed by atoms with Gasteiger partial charge in [0.05, 0.1) is 16.6 Å². The molecule has 1 aliphatic heterocycles. The van der Waals surface area contributed by atoms with E-state index >= 15 is 0 Å². The Kier molecular flexibility index (Phi) is 5.58. The Bertz CT molecular complexity index is 871. The highest BCUT2D eigenvalue weighted by Gasteiger charge is 2.18. The van der Waals surface area contributed by atoms with E-state index in [1.165, 1.54) is 12.1 Å². The van der Waals surface area contributed by atoms with E-state index in [0.717, 1.165) is 25.7 Å². The van der Waals surface area contributed by atoms with Crippen LogP contribution in [0.4, 0.5) is 5.69 Å². The first-order chi connectivity index (χ1) is 12.4. The summed E-state index contributed by atoms with van der Waals surface area (Å²) in [5.74, 6) is 0.174. The lowest BCUT2D eigenvalue weighted by atomic mass is 10.1. The average molecular weight is 375 g/mol. The van der Waals surface area contributed by atoms with Gasteiger partial charge in [-0.2, -0.15) is 0 Å². The van der Waals surface area contributed by atoms with Crippen molar-refractivity contribution in [3.8, 4) is 5.75 Å². The molecule has 3 rings (SSSR count). The van der Waals surface area contributed by atoms with E-state index in [1.54, 1.807) is 30.3 Å². The van der Waals surface area contributed by atoms with Crippen LogP contribution >= 0.6 is 0 Å². The molecule has 0 saturated carbocycles. The van der Waals surface area contributed by atoms with Crippen LogP contribution in [-0.2, 0) is 14.6 Å². The van der Waals surface area contributed by atoms with Gasteiger partial charge in [-0.25, -0.2) is 8.42 Å². The molecule has 1 aliphatic rings. The number of nitrogens with one attached hydrogen (secondary N) is 1. The van der Waals surface area contributed by atoms with Crippen molar-refractivity contribution in [1.82, 2.24) is 0 Å². The number of hydrogen-bond donors (Lipinski definition) is 1. The van der Waals surface area contributed by atoms with E-state index in [4.69, 9.17) is 9.47 Å². The lowest BCUT2D eigenvalue weighted by Gasteiger charge is -2.14. The number of amides is 1. The molecule has 0 radical (unpaired) electrons. The molecule has 2 aromatic carbocycles. The van der Waals surface area contributed by atoms with Crippen molar-refractivity contribution in [3.63, 3.8) is 0 Å². The standard InChI is InChI=1S/C19H21NO5S/c1-26(22,23)16-10-8-14(9-11-16)20-19(21)17-6-2-3-7-18(17)25-13-15-5-4-12-24-15/h2-3,6-11,15H,4-5,12-13H2,1H3,(H,20,21)/t15-/m1/s1. The Balaban J connectivity index is 1.69. The van der Waals surface area contributed by atoms with E-state index in [1.807, 2.05) is 6.07 Å².